The summed E-state index contributed by atoms with van der Waals surface area (Å²) in [6.45, 7) is 18.6. The summed E-state index contributed by atoms with van der Waals surface area (Å²) in [5.74, 6) is 0. The normalized spacial score (nSPS) is 13.0. The van der Waals surface area contributed by atoms with Crippen LogP contribution in [-0.4, -0.2) is 0 Å². The summed E-state index contributed by atoms with van der Waals surface area (Å²) in [4.78, 5) is 0. The largest absolute Gasteiger partial charge is 0.0616 e. The molecule has 0 aliphatic heterocycles. The zero-order chi connectivity index (χ0) is 23.0. The van der Waals surface area contributed by atoms with Crippen molar-refractivity contribution in [3.8, 4) is 0 Å². The van der Waals surface area contributed by atoms with Gasteiger partial charge in [0.1, 0.15) is 0 Å². The molecule has 0 aromatic heterocycles. The fourth-order valence-electron chi connectivity index (χ4n) is 5.73. The Hall–Kier alpha value is -2.86. The molecule has 162 valence electrons. The van der Waals surface area contributed by atoms with Gasteiger partial charge in [-0.2, -0.15) is 0 Å². The first-order valence-corrected chi connectivity index (χ1v) is 11.8. The molecule has 0 aliphatic rings. The third kappa shape index (κ3) is 3.04. The first kappa shape index (κ1) is 21.0. The number of aryl methyl sites for hydroxylation is 2. The highest BCUT2D eigenvalue weighted by molar-refractivity contribution is 6.30. The van der Waals surface area contributed by atoms with E-state index >= 15 is 0 Å². The molecule has 0 atom stereocenters. The van der Waals surface area contributed by atoms with Crippen LogP contribution in [0.4, 0.5) is 0 Å². The zero-order valence-corrected chi connectivity index (χ0v) is 20.8. The van der Waals surface area contributed by atoms with Crippen LogP contribution in [0.15, 0.2) is 60.7 Å². The highest BCUT2D eigenvalue weighted by atomic mass is 14.3. The van der Waals surface area contributed by atoms with Crippen molar-refractivity contribution in [3.63, 3.8) is 0 Å². The fraction of sp³-hybridized carbons (Fsp3) is 0.312. The standard InChI is InChI=1S/C32H34/c1-19-13-15-21-25(17-19)26-18-20(2)14-16-22(26)28-27(21)29(31(3,4)5)23-11-9-10-12-24(23)30(28)32(6,7)8/h9-18H,1-8H3. The second kappa shape index (κ2) is 6.82. The van der Waals surface area contributed by atoms with Gasteiger partial charge in [-0.25, -0.2) is 0 Å². The van der Waals surface area contributed by atoms with Crippen LogP contribution in [-0.2, 0) is 10.8 Å². The predicted octanol–water partition coefficient (Wildman–Crippen LogP) is 9.51. The number of benzene rings is 5. The summed E-state index contributed by atoms with van der Waals surface area (Å²) < 4.78 is 0. The van der Waals surface area contributed by atoms with Gasteiger partial charge in [-0.3, -0.25) is 0 Å². The smallest absolute Gasteiger partial charge is 0.00521 e. The molecular formula is C32H34. The van der Waals surface area contributed by atoms with Crippen LogP contribution in [0.1, 0.15) is 63.8 Å². The minimum Gasteiger partial charge on any atom is -0.0616 e. The van der Waals surface area contributed by atoms with Crippen molar-refractivity contribution < 1.29 is 0 Å². The van der Waals surface area contributed by atoms with E-state index in [9.17, 15) is 0 Å². The lowest BCUT2D eigenvalue weighted by Gasteiger charge is -2.32. The molecule has 0 fully saturated rings. The van der Waals surface area contributed by atoms with Gasteiger partial charge in [0.25, 0.3) is 0 Å². The molecule has 0 unspecified atom stereocenters. The Kier molecular flexibility index (Phi) is 4.48. The fourth-order valence-corrected chi connectivity index (χ4v) is 5.73. The maximum absolute atomic E-state index is 2.38. The van der Waals surface area contributed by atoms with Crippen LogP contribution in [0.3, 0.4) is 0 Å². The van der Waals surface area contributed by atoms with E-state index < -0.39 is 0 Å². The maximum Gasteiger partial charge on any atom is -0.00521 e. The van der Waals surface area contributed by atoms with Gasteiger partial charge in [-0.1, -0.05) is 113 Å². The van der Waals surface area contributed by atoms with Crippen molar-refractivity contribution in [2.24, 2.45) is 0 Å². The first-order chi connectivity index (χ1) is 15.0. The van der Waals surface area contributed by atoms with E-state index in [0.29, 0.717) is 0 Å². The zero-order valence-electron chi connectivity index (χ0n) is 20.8. The third-order valence-corrected chi connectivity index (χ3v) is 6.89. The lowest BCUT2D eigenvalue weighted by molar-refractivity contribution is 0.594. The van der Waals surface area contributed by atoms with Gasteiger partial charge < -0.3 is 0 Å². The molecule has 0 saturated heterocycles. The SMILES string of the molecule is Cc1ccc2c(c1)c1cc(C)ccc1c1c(C(C)(C)C)c3ccccc3c(C(C)(C)C)c21. The highest BCUT2D eigenvalue weighted by Crippen LogP contribution is 2.49. The van der Waals surface area contributed by atoms with Gasteiger partial charge in [0, 0.05) is 0 Å². The molecule has 0 saturated carbocycles. The highest BCUT2D eigenvalue weighted by Gasteiger charge is 2.29. The molecule has 0 nitrogen and oxygen atoms in total. The van der Waals surface area contributed by atoms with Crippen molar-refractivity contribution in [1.29, 1.82) is 0 Å². The van der Waals surface area contributed by atoms with Crippen LogP contribution in [0.5, 0.6) is 0 Å². The van der Waals surface area contributed by atoms with Crippen LogP contribution in [0.25, 0.3) is 43.1 Å². The van der Waals surface area contributed by atoms with Crippen LogP contribution >= 0.6 is 0 Å². The van der Waals surface area contributed by atoms with E-state index in [0.717, 1.165) is 0 Å². The molecule has 0 aliphatic carbocycles. The second-order valence-electron chi connectivity index (χ2n) is 11.6. The second-order valence-corrected chi connectivity index (χ2v) is 11.6. The number of hydrogen-bond donors (Lipinski definition) is 0. The first-order valence-electron chi connectivity index (χ1n) is 11.8. The summed E-state index contributed by atoms with van der Waals surface area (Å²) in [7, 11) is 0. The van der Waals surface area contributed by atoms with Crippen molar-refractivity contribution >= 4 is 43.1 Å². The van der Waals surface area contributed by atoms with Crippen molar-refractivity contribution in [2.45, 2.75) is 66.2 Å². The van der Waals surface area contributed by atoms with E-state index in [4.69, 9.17) is 0 Å². The quantitative estimate of drug-likeness (QED) is 0.173. The summed E-state index contributed by atoms with van der Waals surface area (Å²) in [5.41, 5.74) is 5.59. The maximum atomic E-state index is 2.38. The number of hydrogen-bond acceptors (Lipinski definition) is 0. The van der Waals surface area contributed by atoms with Crippen molar-refractivity contribution in [1.82, 2.24) is 0 Å². The Morgan fingerprint density at radius 1 is 0.438 bits per heavy atom. The third-order valence-electron chi connectivity index (χ3n) is 6.89. The van der Waals surface area contributed by atoms with Crippen LogP contribution < -0.4 is 0 Å². The van der Waals surface area contributed by atoms with Crippen LogP contribution in [0, 0.1) is 13.8 Å². The van der Waals surface area contributed by atoms with Gasteiger partial charge in [-0.05, 0) is 78.9 Å². The number of fused-ring (bicyclic) bond motifs is 7. The Balaban J connectivity index is 2.29. The Morgan fingerprint density at radius 2 is 0.812 bits per heavy atom. The molecule has 0 amide bonds. The summed E-state index contributed by atoms with van der Waals surface area (Å²) >= 11 is 0. The van der Waals surface area contributed by atoms with E-state index in [1.165, 1.54) is 65.3 Å². The van der Waals surface area contributed by atoms with Gasteiger partial charge >= 0.3 is 0 Å². The van der Waals surface area contributed by atoms with Gasteiger partial charge in [-0.15, -0.1) is 0 Å². The minimum atomic E-state index is 0.0183. The van der Waals surface area contributed by atoms with Crippen molar-refractivity contribution in [2.75, 3.05) is 0 Å². The van der Waals surface area contributed by atoms with E-state index in [1.54, 1.807) is 0 Å². The molecular weight excluding hydrogens is 384 g/mol. The Morgan fingerprint density at radius 3 is 1.16 bits per heavy atom. The predicted molar refractivity (Wildman–Crippen MR) is 143 cm³/mol. The van der Waals surface area contributed by atoms with E-state index in [-0.39, 0.29) is 10.8 Å². The lowest BCUT2D eigenvalue weighted by atomic mass is 9.72. The van der Waals surface area contributed by atoms with E-state index in [1.807, 2.05) is 0 Å². The molecule has 0 spiro atoms. The Bertz CT molecular complexity index is 1420. The average molecular weight is 419 g/mol. The molecule has 5 rings (SSSR count). The molecule has 5 aromatic rings. The summed E-state index contributed by atoms with van der Waals surface area (Å²) in [6.07, 6.45) is 0. The molecule has 0 bridgehead atoms. The molecule has 5 aromatic carbocycles. The van der Waals surface area contributed by atoms with Gasteiger partial charge in [0.2, 0.25) is 0 Å². The summed E-state index contributed by atoms with van der Waals surface area (Å²) in [6, 6.07) is 23.1. The Labute approximate surface area is 192 Å². The van der Waals surface area contributed by atoms with Gasteiger partial charge in [0.15, 0.2) is 0 Å². The van der Waals surface area contributed by atoms with Crippen molar-refractivity contribution in [3.05, 3.63) is 82.9 Å². The summed E-state index contributed by atoms with van der Waals surface area (Å²) in [5, 5.41) is 11.2. The van der Waals surface area contributed by atoms with Gasteiger partial charge in [0.05, 0.1) is 0 Å². The molecule has 0 N–H and O–H groups in total. The molecule has 0 radical (unpaired) electrons. The van der Waals surface area contributed by atoms with Crippen LogP contribution in [0.2, 0.25) is 0 Å². The monoisotopic (exact) mass is 418 g/mol. The molecule has 32 heavy (non-hydrogen) atoms. The average Bonchev–Trinajstić information content (AvgIpc) is 2.70. The minimum absolute atomic E-state index is 0.0183. The number of rotatable bonds is 0. The topological polar surface area (TPSA) is 0 Å². The molecule has 0 heteroatoms. The lowest BCUT2D eigenvalue weighted by Crippen LogP contribution is -2.18. The van der Waals surface area contributed by atoms with E-state index in [2.05, 4.69) is 116 Å². The molecule has 0 heterocycles.